The zero-order valence-corrected chi connectivity index (χ0v) is 11.1. The Labute approximate surface area is 104 Å². The minimum Gasteiger partial charge on any atom is -0.396 e. The van der Waals surface area contributed by atoms with Gasteiger partial charge in [-0.2, -0.15) is 0 Å². The molecule has 0 bridgehead atoms. The molecule has 1 atom stereocenters. The summed E-state index contributed by atoms with van der Waals surface area (Å²) in [5, 5.41) is 15.1. The SMILES string of the molecule is CC(C)(CCCO)CNC1CCCCNC1=O. The molecule has 0 aromatic carbocycles. The van der Waals surface area contributed by atoms with Crippen LogP contribution in [0.15, 0.2) is 0 Å². The maximum atomic E-state index is 11.7. The van der Waals surface area contributed by atoms with Crippen LogP contribution in [0.1, 0.15) is 46.0 Å². The Morgan fingerprint density at radius 1 is 1.47 bits per heavy atom. The van der Waals surface area contributed by atoms with Gasteiger partial charge in [0.25, 0.3) is 0 Å². The summed E-state index contributed by atoms with van der Waals surface area (Å²) < 4.78 is 0. The summed E-state index contributed by atoms with van der Waals surface area (Å²) in [6.45, 7) is 6.22. The average Bonchev–Trinajstić information content (AvgIpc) is 2.49. The predicted octanol–water partition coefficient (Wildman–Crippen LogP) is 1.04. The molecule has 1 aliphatic rings. The van der Waals surface area contributed by atoms with Gasteiger partial charge in [-0.25, -0.2) is 0 Å². The van der Waals surface area contributed by atoms with E-state index in [4.69, 9.17) is 5.11 Å². The van der Waals surface area contributed by atoms with Gasteiger partial charge in [-0.1, -0.05) is 13.8 Å². The van der Waals surface area contributed by atoms with Crippen molar-refractivity contribution in [1.29, 1.82) is 0 Å². The Morgan fingerprint density at radius 3 is 2.94 bits per heavy atom. The Bertz CT molecular complexity index is 242. The number of aliphatic hydroxyl groups is 1. The van der Waals surface area contributed by atoms with Crippen molar-refractivity contribution in [2.45, 2.75) is 52.0 Å². The number of carbonyl (C=O) groups is 1. The molecule has 0 aromatic heterocycles. The van der Waals surface area contributed by atoms with Crippen molar-refractivity contribution < 1.29 is 9.90 Å². The van der Waals surface area contributed by atoms with E-state index in [1.165, 1.54) is 0 Å². The van der Waals surface area contributed by atoms with E-state index in [1.807, 2.05) is 0 Å². The van der Waals surface area contributed by atoms with Crippen LogP contribution < -0.4 is 10.6 Å². The lowest BCUT2D eigenvalue weighted by Crippen LogP contribution is -2.46. The normalized spacial score (nSPS) is 22.1. The van der Waals surface area contributed by atoms with Crippen LogP contribution in [0.3, 0.4) is 0 Å². The van der Waals surface area contributed by atoms with E-state index < -0.39 is 0 Å². The zero-order chi connectivity index (χ0) is 12.7. The van der Waals surface area contributed by atoms with Crippen LogP contribution in [0.5, 0.6) is 0 Å². The molecular formula is C13H26N2O2. The quantitative estimate of drug-likeness (QED) is 0.652. The molecule has 1 unspecified atom stereocenters. The first-order valence-corrected chi connectivity index (χ1v) is 6.67. The van der Waals surface area contributed by atoms with Gasteiger partial charge in [0.1, 0.15) is 0 Å². The number of hydrogen-bond acceptors (Lipinski definition) is 3. The number of nitrogens with one attached hydrogen (secondary N) is 2. The van der Waals surface area contributed by atoms with E-state index in [-0.39, 0.29) is 24.0 Å². The molecule has 0 aliphatic carbocycles. The van der Waals surface area contributed by atoms with E-state index in [1.54, 1.807) is 0 Å². The van der Waals surface area contributed by atoms with E-state index in [9.17, 15) is 4.79 Å². The molecule has 1 rings (SSSR count). The lowest BCUT2D eigenvalue weighted by molar-refractivity contribution is -0.122. The lowest BCUT2D eigenvalue weighted by atomic mass is 9.87. The topological polar surface area (TPSA) is 61.4 Å². The molecule has 0 saturated carbocycles. The van der Waals surface area contributed by atoms with Crippen molar-refractivity contribution in [2.24, 2.45) is 5.41 Å². The zero-order valence-electron chi connectivity index (χ0n) is 11.1. The highest BCUT2D eigenvalue weighted by atomic mass is 16.2. The molecule has 1 saturated heterocycles. The molecule has 1 aliphatic heterocycles. The monoisotopic (exact) mass is 242 g/mol. The Hall–Kier alpha value is -0.610. The van der Waals surface area contributed by atoms with Crippen LogP contribution in [-0.2, 0) is 4.79 Å². The maximum absolute atomic E-state index is 11.7. The van der Waals surface area contributed by atoms with Crippen molar-refractivity contribution >= 4 is 5.91 Å². The second-order valence-electron chi connectivity index (χ2n) is 5.71. The van der Waals surface area contributed by atoms with Gasteiger partial charge in [-0.05, 0) is 37.5 Å². The summed E-state index contributed by atoms with van der Waals surface area (Å²) in [7, 11) is 0. The van der Waals surface area contributed by atoms with Gasteiger partial charge < -0.3 is 15.7 Å². The molecule has 0 radical (unpaired) electrons. The third-order valence-corrected chi connectivity index (χ3v) is 3.37. The van der Waals surface area contributed by atoms with Crippen molar-refractivity contribution in [2.75, 3.05) is 19.7 Å². The Kier molecular flexibility index (Phi) is 5.92. The first-order chi connectivity index (χ1) is 8.05. The van der Waals surface area contributed by atoms with Crippen molar-refractivity contribution in [3.05, 3.63) is 0 Å². The summed E-state index contributed by atoms with van der Waals surface area (Å²) in [5.41, 5.74) is 0.134. The van der Waals surface area contributed by atoms with Crippen LogP contribution in [0.4, 0.5) is 0 Å². The first kappa shape index (κ1) is 14.5. The number of amides is 1. The van der Waals surface area contributed by atoms with Crippen molar-refractivity contribution in [3.8, 4) is 0 Å². The minimum atomic E-state index is -0.0362. The van der Waals surface area contributed by atoms with Crippen LogP contribution >= 0.6 is 0 Å². The number of aliphatic hydroxyl groups excluding tert-OH is 1. The molecule has 1 amide bonds. The van der Waals surface area contributed by atoms with Gasteiger partial charge in [0.15, 0.2) is 0 Å². The highest BCUT2D eigenvalue weighted by Crippen LogP contribution is 2.21. The number of hydrogen-bond donors (Lipinski definition) is 3. The third-order valence-electron chi connectivity index (χ3n) is 3.37. The van der Waals surface area contributed by atoms with Gasteiger partial charge in [0.2, 0.25) is 5.91 Å². The highest BCUT2D eigenvalue weighted by Gasteiger charge is 2.24. The van der Waals surface area contributed by atoms with E-state index in [0.29, 0.717) is 0 Å². The standard InChI is InChI=1S/C13H26N2O2/c1-13(2,7-5-9-16)10-15-11-6-3-4-8-14-12(11)17/h11,15-16H,3-10H2,1-2H3,(H,14,17). The molecule has 1 heterocycles. The molecular weight excluding hydrogens is 216 g/mol. The second kappa shape index (κ2) is 6.97. The second-order valence-corrected chi connectivity index (χ2v) is 5.71. The maximum Gasteiger partial charge on any atom is 0.237 e. The fourth-order valence-corrected chi connectivity index (χ4v) is 2.18. The number of rotatable bonds is 6. The van der Waals surface area contributed by atoms with Gasteiger partial charge in [-0.15, -0.1) is 0 Å². The summed E-state index contributed by atoms with van der Waals surface area (Å²) >= 11 is 0. The van der Waals surface area contributed by atoms with Crippen LogP contribution in [0.2, 0.25) is 0 Å². The first-order valence-electron chi connectivity index (χ1n) is 6.67. The van der Waals surface area contributed by atoms with E-state index in [2.05, 4.69) is 24.5 Å². The van der Waals surface area contributed by atoms with Gasteiger partial charge in [0, 0.05) is 19.7 Å². The Morgan fingerprint density at radius 2 is 2.24 bits per heavy atom. The van der Waals surface area contributed by atoms with Gasteiger partial charge in [0.05, 0.1) is 6.04 Å². The van der Waals surface area contributed by atoms with Crippen LogP contribution in [0.25, 0.3) is 0 Å². The molecule has 17 heavy (non-hydrogen) atoms. The minimum absolute atomic E-state index is 0.0362. The van der Waals surface area contributed by atoms with Crippen molar-refractivity contribution in [3.63, 3.8) is 0 Å². The van der Waals surface area contributed by atoms with Gasteiger partial charge >= 0.3 is 0 Å². The van der Waals surface area contributed by atoms with Crippen molar-refractivity contribution in [1.82, 2.24) is 10.6 Å². The summed E-state index contributed by atoms with van der Waals surface area (Å²) in [6, 6.07) is -0.0362. The van der Waals surface area contributed by atoms with Gasteiger partial charge in [-0.3, -0.25) is 4.79 Å². The largest absolute Gasteiger partial charge is 0.396 e. The molecule has 0 aromatic rings. The molecule has 4 nitrogen and oxygen atoms in total. The predicted molar refractivity (Wildman–Crippen MR) is 68.8 cm³/mol. The van der Waals surface area contributed by atoms with E-state index >= 15 is 0 Å². The molecule has 4 heteroatoms. The van der Waals surface area contributed by atoms with E-state index in [0.717, 1.165) is 45.2 Å². The highest BCUT2D eigenvalue weighted by molar-refractivity contribution is 5.81. The van der Waals surface area contributed by atoms with Crippen LogP contribution in [-0.4, -0.2) is 36.8 Å². The number of carbonyl (C=O) groups excluding carboxylic acids is 1. The molecule has 1 fully saturated rings. The Balaban J connectivity index is 2.34. The smallest absolute Gasteiger partial charge is 0.237 e. The molecule has 0 spiro atoms. The summed E-state index contributed by atoms with van der Waals surface area (Å²) in [5.74, 6) is 0.139. The summed E-state index contributed by atoms with van der Waals surface area (Å²) in [4.78, 5) is 11.7. The summed E-state index contributed by atoms with van der Waals surface area (Å²) in [6.07, 6.45) is 4.92. The molecule has 3 N–H and O–H groups in total. The fourth-order valence-electron chi connectivity index (χ4n) is 2.18. The van der Waals surface area contributed by atoms with Crippen LogP contribution in [0, 0.1) is 5.41 Å². The molecule has 100 valence electrons. The fraction of sp³-hybridized carbons (Fsp3) is 0.923. The average molecular weight is 242 g/mol. The lowest BCUT2D eigenvalue weighted by Gasteiger charge is -2.27. The third kappa shape index (κ3) is 5.50.